The Morgan fingerprint density at radius 1 is 1.44 bits per heavy atom. The van der Waals surface area contributed by atoms with Gasteiger partial charge in [-0.15, -0.1) is 0 Å². The van der Waals surface area contributed by atoms with Crippen molar-refractivity contribution >= 4 is 17.7 Å². The third kappa shape index (κ3) is 4.47. The number of hydrogen-bond acceptors (Lipinski definition) is 3. The number of rotatable bonds is 8. The third-order valence-electron chi connectivity index (χ3n) is 2.46. The van der Waals surface area contributed by atoms with Crippen LogP contribution in [0.25, 0.3) is 0 Å². The zero-order valence-electron chi connectivity index (χ0n) is 10.6. The lowest BCUT2D eigenvalue weighted by molar-refractivity contribution is 0.683. The summed E-state index contributed by atoms with van der Waals surface area (Å²) in [6, 6.07) is 0. The maximum absolute atomic E-state index is 4.51. The molecule has 0 saturated heterocycles. The summed E-state index contributed by atoms with van der Waals surface area (Å²) in [5.74, 6) is 2.25. The summed E-state index contributed by atoms with van der Waals surface area (Å²) in [7, 11) is 0. The number of thioether (sulfide) groups is 1. The Labute approximate surface area is 103 Å². The Morgan fingerprint density at radius 3 is 2.94 bits per heavy atom. The lowest BCUT2D eigenvalue weighted by Gasteiger charge is -2.08. The highest BCUT2D eigenvalue weighted by Crippen LogP contribution is 2.10. The van der Waals surface area contributed by atoms with Gasteiger partial charge < -0.3 is 9.88 Å². The minimum absolute atomic E-state index is 1.02. The van der Waals surface area contributed by atoms with E-state index in [-0.39, 0.29) is 0 Å². The SMILES string of the molecule is CCCCNc1nc(C)cn1CCCSC. The van der Waals surface area contributed by atoms with E-state index in [1.54, 1.807) is 0 Å². The summed E-state index contributed by atoms with van der Waals surface area (Å²) < 4.78 is 2.24. The standard InChI is InChI=1S/C12H23N3S/c1-4-5-7-13-12-14-11(2)10-15(12)8-6-9-16-3/h10H,4-9H2,1-3H3,(H,13,14). The maximum atomic E-state index is 4.51. The average Bonchev–Trinajstić information content (AvgIpc) is 2.60. The van der Waals surface area contributed by atoms with Crippen molar-refractivity contribution in [2.24, 2.45) is 0 Å². The van der Waals surface area contributed by atoms with E-state index >= 15 is 0 Å². The van der Waals surface area contributed by atoms with Gasteiger partial charge in [0.25, 0.3) is 0 Å². The molecule has 1 rings (SSSR count). The summed E-state index contributed by atoms with van der Waals surface area (Å²) in [4.78, 5) is 4.51. The van der Waals surface area contributed by atoms with Gasteiger partial charge >= 0.3 is 0 Å². The molecule has 3 nitrogen and oxygen atoms in total. The Kier molecular flexibility index (Phi) is 6.38. The van der Waals surface area contributed by atoms with Gasteiger partial charge in [-0.1, -0.05) is 13.3 Å². The van der Waals surface area contributed by atoms with Gasteiger partial charge in [-0.25, -0.2) is 4.98 Å². The lowest BCUT2D eigenvalue weighted by Crippen LogP contribution is -2.09. The van der Waals surface area contributed by atoms with E-state index < -0.39 is 0 Å². The van der Waals surface area contributed by atoms with Crippen LogP contribution in [0.5, 0.6) is 0 Å². The first-order valence-electron chi connectivity index (χ1n) is 6.04. The van der Waals surface area contributed by atoms with Gasteiger partial charge in [0.05, 0.1) is 5.69 Å². The topological polar surface area (TPSA) is 29.9 Å². The van der Waals surface area contributed by atoms with E-state index in [2.05, 4.69) is 41.2 Å². The molecule has 0 aliphatic rings. The summed E-state index contributed by atoms with van der Waals surface area (Å²) >= 11 is 1.90. The van der Waals surface area contributed by atoms with Crippen molar-refractivity contribution in [2.45, 2.75) is 39.7 Å². The molecule has 0 fully saturated rings. The molecular formula is C12H23N3S. The van der Waals surface area contributed by atoms with Gasteiger partial charge in [-0.05, 0) is 31.8 Å². The zero-order chi connectivity index (χ0) is 11.8. The second kappa shape index (κ2) is 7.60. The van der Waals surface area contributed by atoms with E-state index in [1.807, 2.05) is 11.8 Å². The molecule has 16 heavy (non-hydrogen) atoms. The number of anilines is 1. The second-order valence-electron chi connectivity index (χ2n) is 4.03. The van der Waals surface area contributed by atoms with Crippen LogP contribution in [0.2, 0.25) is 0 Å². The first kappa shape index (κ1) is 13.4. The van der Waals surface area contributed by atoms with Crippen LogP contribution in [-0.2, 0) is 6.54 Å². The van der Waals surface area contributed by atoms with Crippen molar-refractivity contribution in [1.29, 1.82) is 0 Å². The number of hydrogen-bond donors (Lipinski definition) is 1. The normalized spacial score (nSPS) is 10.7. The smallest absolute Gasteiger partial charge is 0.203 e. The largest absolute Gasteiger partial charge is 0.356 e. The van der Waals surface area contributed by atoms with Gasteiger partial charge in [-0.3, -0.25) is 0 Å². The van der Waals surface area contributed by atoms with E-state index in [4.69, 9.17) is 0 Å². The summed E-state index contributed by atoms with van der Waals surface area (Å²) in [6.07, 6.45) is 7.92. The Hall–Kier alpha value is -0.640. The van der Waals surface area contributed by atoms with Crippen LogP contribution in [0.4, 0.5) is 5.95 Å². The fourth-order valence-electron chi connectivity index (χ4n) is 1.61. The summed E-state index contributed by atoms with van der Waals surface area (Å²) in [5, 5.41) is 3.41. The Bertz CT molecular complexity index is 269. The number of imidazole rings is 1. The number of nitrogens with one attached hydrogen (secondary N) is 1. The van der Waals surface area contributed by atoms with Gasteiger partial charge in [-0.2, -0.15) is 11.8 Å². The van der Waals surface area contributed by atoms with Crippen LogP contribution >= 0.6 is 11.8 Å². The van der Waals surface area contributed by atoms with Crippen molar-refractivity contribution in [3.63, 3.8) is 0 Å². The minimum Gasteiger partial charge on any atom is -0.356 e. The predicted molar refractivity (Wildman–Crippen MR) is 73.4 cm³/mol. The van der Waals surface area contributed by atoms with Crippen molar-refractivity contribution in [2.75, 3.05) is 23.9 Å². The summed E-state index contributed by atoms with van der Waals surface area (Å²) in [6.45, 7) is 6.35. The molecule has 0 saturated carbocycles. The molecule has 1 aromatic heterocycles. The van der Waals surface area contributed by atoms with Crippen molar-refractivity contribution in [3.8, 4) is 0 Å². The van der Waals surface area contributed by atoms with Crippen LogP contribution in [0, 0.1) is 6.92 Å². The summed E-state index contributed by atoms with van der Waals surface area (Å²) in [5.41, 5.74) is 1.10. The molecule has 0 bridgehead atoms. The highest BCUT2D eigenvalue weighted by molar-refractivity contribution is 7.98. The molecular weight excluding hydrogens is 218 g/mol. The molecule has 1 aromatic rings. The minimum atomic E-state index is 1.02. The monoisotopic (exact) mass is 241 g/mol. The molecule has 0 aliphatic heterocycles. The van der Waals surface area contributed by atoms with E-state index in [0.717, 1.165) is 24.7 Å². The fourth-order valence-corrected chi connectivity index (χ4v) is 2.03. The maximum Gasteiger partial charge on any atom is 0.203 e. The lowest BCUT2D eigenvalue weighted by atomic mass is 10.3. The zero-order valence-corrected chi connectivity index (χ0v) is 11.4. The van der Waals surface area contributed by atoms with Gasteiger partial charge in [0.15, 0.2) is 0 Å². The van der Waals surface area contributed by atoms with Gasteiger partial charge in [0.2, 0.25) is 5.95 Å². The van der Waals surface area contributed by atoms with Crippen LogP contribution in [-0.4, -0.2) is 28.1 Å². The average molecular weight is 241 g/mol. The van der Waals surface area contributed by atoms with E-state index in [1.165, 1.54) is 25.0 Å². The van der Waals surface area contributed by atoms with Crippen LogP contribution < -0.4 is 5.32 Å². The second-order valence-corrected chi connectivity index (χ2v) is 5.01. The number of aryl methyl sites for hydroxylation is 2. The van der Waals surface area contributed by atoms with Crippen LogP contribution in [0.15, 0.2) is 6.20 Å². The molecule has 0 aromatic carbocycles. The first-order valence-corrected chi connectivity index (χ1v) is 7.44. The molecule has 1 heterocycles. The molecule has 1 N–H and O–H groups in total. The Balaban J connectivity index is 2.46. The highest BCUT2D eigenvalue weighted by Gasteiger charge is 2.03. The van der Waals surface area contributed by atoms with E-state index in [0.29, 0.717) is 0 Å². The van der Waals surface area contributed by atoms with E-state index in [9.17, 15) is 0 Å². The molecule has 0 spiro atoms. The predicted octanol–water partition coefficient (Wildman–Crippen LogP) is 3.16. The third-order valence-corrected chi connectivity index (χ3v) is 3.15. The molecule has 4 heteroatoms. The molecule has 0 unspecified atom stereocenters. The Morgan fingerprint density at radius 2 is 2.25 bits per heavy atom. The number of nitrogens with zero attached hydrogens (tertiary/aromatic N) is 2. The van der Waals surface area contributed by atoms with Crippen LogP contribution in [0.3, 0.4) is 0 Å². The molecule has 0 aliphatic carbocycles. The molecule has 92 valence electrons. The van der Waals surface area contributed by atoms with Crippen molar-refractivity contribution in [3.05, 3.63) is 11.9 Å². The van der Waals surface area contributed by atoms with Crippen molar-refractivity contribution in [1.82, 2.24) is 9.55 Å². The van der Waals surface area contributed by atoms with Crippen molar-refractivity contribution < 1.29 is 0 Å². The fraction of sp³-hybridized carbons (Fsp3) is 0.750. The number of aromatic nitrogens is 2. The first-order chi connectivity index (χ1) is 7.77. The molecule has 0 amide bonds. The molecule has 0 radical (unpaired) electrons. The van der Waals surface area contributed by atoms with Gasteiger partial charge in [0, 0.05) is 19.3 Å². The number of unbranched alkanes of at least 4 members (excludes halogenated alkanes) is 1. The van der Waals surface area contributed by atoms with Gasteiger partial charge in [0.1, 0.15) is 0 Å². The highest BCUT2D eigenvalue weighted by atomic mass is 32.2. The molecule has 0 atom stereocenters. The quantitative estimate of drug-likeness (QED) is 0.709. The van der Waals surface area contributed by atoms with Crippen LogP contribution in [0.1, 0.15) is 31.9 Å².